The van der Waals surface area contributed by atoms with Crippen LogP contribution >= 0.6 is 0 Å². The Morgan fingerprint density at radius 3 is 2.17 bits per heavy atom. The maximum atomic E-state index is 13.7. The number of hydrogen-bond donors (Lipinski definition) is 1. The third-order valence-corrected chi connectivity index (χ3v) is 7.07. The number of ketones is 1. The second-order valence-corrected chi connectivity index (χ2v) is 9.43. The van der Waals surface area contributed by atoms with Crippen molar-refractivity contribution in [3.8, 4) is 5.75 Å². The van der Waals surface area contributed by atoms with Crippen molar-refractivity contribution in [3.63, 3.8) is 0 Å². The van der Waals surface area contributed by atoms with Gasteiger partial charge >= 0.3 is 0 Å². The first-order valence-corrected chi connectivity index (χ1v) is 10.9. The molecule has 0 saturated heterocycles. The number of aromatic nitrogens is 1. The first-order chi connectivity index (χ1) is 14.2. The molecule has 0 saturated carbocycles. The Morgan fingerprint density at radius 1 is 0.867 bits per heavy atom. The first-order valence-electron chi connectivity index (χ1n) is 9.49. The van der Waals surface area contributed by atoms with E-state index < -0.39 is 21.2 Å². The number of phenols is 1. The summed E-state index contributed by atoms with van der Waals surface area (Å²) in [5.74, 6) is -0.413. The average Bonchev–Trinajstić information content (AvgIpc) is 3.14. The molecule has 1 aromatic heterocycles. The van der Waals surface area contributed by atoms with Crippen LogP contribution in [0.15, 0.2) is 89.8 Å². The van der Waals surface area contributed by atoms with Crippen LogP contribution in [0.2, 0.25) is 0 Å². The topological polar surface area (TPSA) is 76.4 Å². The molecule has 1 heterocycles. The van der Waals surface area contributed by atoms with E-state index in [1.54, 1.807) is 80.6 Å². The number of carbonyl (C=O) groups excluding carboxylic acids is 1. The molecule has 0 amide bonds. The zero-order valence-corrected chi connectivity index (χ0v) is 17.4. The van der Waals surface area contributed by atoms with Gasteiger partial charge in [-0.3, -0.25) is 4.79 Å². The summed E-state index contributed by atoms with van der Waals surface area (Å²) in [6.45, 7) is 3.36. The Morgan fingerprint density at radius 2 is 1.47 bits per heavy atom. The van der Waals surface area contributed by atoms with E-state index in [4.69, 9.17) is 0 Å². The summed E-state index contributed by atoms with van der Waals surface area (Å²) in [7, 11) is -4.02. The molecule has 0 aliphatic rings. The molecule has 30 heavy (non-hydrogen) atoms. The van der Waals surface area contributed by atoms with Gasteiger partial charge in [-0.2, -0.15) is 0 Å². The lowest BCUT2D eigenvalue weighted by molar-refractivity contribution is 0.0900. The Kier molecular flexibility index (Phi) is 4.74. The fourth-order valence-electron chi connectivity index (χ4n) is 3.69. The maximum absolute atomic E-state index is 13.7. The average molecular weight is 420 g/mol. The standard InChI is InChI=1S/C24H21NO4S/c1-24(2,19-13-7-9-15-22(19)26)23(27)21-16-17-10-6-8-14-20(17)25(21)30(28,29)18-11-4-3-5-12-18/h3-16,26H,1-2H3. The molecule has 3 aromatic carbocycles. The lowest BCUT2D eigenvalue weighted by Crippen LogP contribution is -2.32. The lowest BCUT2D eigenvalue weighted by Gasteiger charge is -2.25. The molecule has 0 spiro atoms. The summed E-state index contributed by atoms with van der Waals surface area (Å²) >= 11 is 0. The monoisotopic (exact) mass is 419 g/mol. The van der Waals surface area contributed by atoms with Gasteiger partial charge in [0.1, 0.15) is 11.4 Å². The van der Waals surface area contributed by atoms with E-state index in [0.29, 0.717) is 16.5 Å². The summed E-state index contributed by atoms with van der Waals surface area (Å²) in [4.78, 5) is 13.8. The van der Waals surface area contributed by atoms with Gasteiger partial charge in [0.2, 0.25) is 0 Å². The zero-order valence-electron chi connectivity index (χ0n) is 16.6. The Labute approximate surface area is 175 Å². The summed E-state index contributed by atoms with van der Waals surface area (Å²) in [6, 6.07) is 23.2. The number of benzene rings is 3. The molecule has 0 radical (unpaired) electrons. The van der Waals surface area contributed by atoms with Gasteiger partial charge in [-0.05, 0) is 44.2 Å². The van der Waals surface area contributed by atoms with E-state index in [2.05, 4.69) is 0 Å². The van der Waals surface area contributed by atoms with Crippen molar-refractivity contribution in [1.82, 2.24) is 3.97 Å². The summed E-state index contributed by atoms with van der Waals surface area (Å²) in [5, 5.41) is 11.0. The summed E-state index contributed by atoms with van der Waals surface area (Å²) in [6.07, 6.45) is 0. The van der Waals surface area contributed by atoms with Crippen molar-refractivity contribution >= 4 is 26.7 Å². The number of Topliss-reactive ketones (excluding diaryl/α,β-unsaturated/α-hetero) is 1. The normalized spacial score (nSPS) is 12.2. The van der Waals surface area contributed by atoms with E-state index >= 15 is 0 Å². The first kappa shape index (κ1) is 19.9. The van der Waals surface area contributed by atoms with Gasteiger partial charge in [-0.25, -0.2) is 12.4 Å². The number of para-hydroxylation sites is 2. The second-order valence-electron chi connectivity index (χ2n) is 7.64. The van der Waals surface area contributed by atoms with E-state index in [-0.39, 0.29) is 16.3 Å². The minimum atomic E-state index is -4.02. The van der Waals surface area contributed by atoms with Gasteiger partial charge < -0.3 is 5.11 Å². The Hall–Kier alpha value is -3.38. The number of rotatable bonds is 5. The Bertz CT molecular complexity index is 1350. The fourth-order valence-corrected chi connectivity index (χ4v) is 5.22. The quantitative estimate of drug-likeness (QED) is 0.474. The van der Waals surface area contributed by atoms with Crippen molar-refractivity contribution in [2.75, 3.05) is 0 Å². The molecule has 6 heteroatoms. The number of carbonyl (C=O) groups is 1. The minimum Gasteiger partial charge on any atom is -0.508 e. The van der Waals surface area contributed by atoms with Crippen molar-refractivity contribution in [1.29, 1.82) is 0 Å². The third kappa shape index (κ3) is 3.09. The van der Waals surface area contributed by atoms with Crippen LogP contribution in [-0.4, -0.2) is 23.3 Å². The van der Waals surface area contributed by atoms with Crippen LogP contribution in [0.5, 0.6) is 5.75 Å². The predicted molar refractivity (Wildman–Crippen MR) is 116 cm³/mol. The lowest BCUT2D eigenvalue weighted by atomic mass is 9.79. The predicted octanol–water partition coefficient (Wildman–Crippen LogP) is 4.74. The van der Waals surface area contributed by atoms with E-state index in [1.807, 2.05) is 0 Å². The van der Waals surface area contributed by atoms with Gasteiger partial charge in [-0.15, -0.1) is 0 Å². The van der Waals surface area contributed by atoms with Crippen molar-refractivity contribution < 1.29 is 18.3 Å². The molecular weight excluding hydrogens is 398 g/mol. The highest BCUT2D eigenvalue weighted by Gasteiger charge is 2.37. The number of phenolic OH excluding ortho intramolecular Hbond substituents is 1. The van der Waals surface area contributed by atoms with Crippen LogP contribution in [0.4, 0.5) is 0 Å². The van der Waals surface area contributed by atoms with E-state index in [9.17, 15) is 18.3 Å². The molecule has 4 rings (SSSR count). The van der Waals surface area contributed by atoms with Crippen LogP contribution in [0.25, 0.3) is 10.9 Å². The van der Waals surface area contributed by atoms with Gasteiger partial charge in [-0.1, -0.05) is 54.6 Å². The molecule has 0 aliphatic heterocycles. The third-order valence-electron chi connectivity index (χ3n) is 5.33. The van der Waals surface area contributed by atoms with Gasteiger partial charge in [0.15, 0.2) is 5.78 Å². The van der Waals surface area contributed by atoms with Crippen LogP contribution in [0.3, 0.4) is 0 Å². The van der Waals surface area contributed by atoms with E-state index in [0.717, 1.165) is 3.97 Å². The number of fused-ring (bicyclic) bond motifs is 1. The van der Waals surface area contributed by atoms with E-state index in [1.165, 1.54) is 18.2 Å². The molecule has 0 fully saturated rings. The van der Waals surface area contributed by atoms with Crippen molar-refractivity contribution in [2.45, 2.75) is 24.2 Å². The van der Waals surface area contributed by atoms with Gasteiger partial charge in [0.25, 0.3) is 10.0 Å². The van der Waals surface area contributed by atoms with Gasteiger partial charge in [0, 0.05) is 10.9 Å². The van der Waals surface area contributed by atoms with Crippen molar-refractivity contribution in [3.05, 3.63) is 96.2 Å². The number of aromatic hydroxyl groups is 1. The molecule has 0 unspecified atom stereocenters. The SMILES string of the molecule is CC(C)(C(=O)c1cc2ccccc2n1S(=O)(=O)c1ccccc1)c1ccccc1O. The minimum absolute atomic E-state index is 0.00979. The molecule has 0 bridgehead atoms. The summed E-state index contributed by atoms with van der Waals surface area (Å²) in [5.41, 5.74) is -0.237. The maximum Gasteiger partial charge on any atom is 0.268 e. The van der Waals surface area contributed by atoms with Crippen LogP contribution in [0, 0.1) is 0 Å². The van der Waals surface area contributed by atoms with Crippen LogP contribution in [0.1, 0.15) is 29.9 Å². The smallest absolute Gasteiger partial charge is 0.268 e. The number of hydrogen-bond acceptors (Lipinski definition) is 4. The zero-order chi connectivity index (χ0) is 21.5. The summed E-state index contributed by atoms with van der Waals surface area (Å²) < 4.78 is 28.2. The highest BCUT2D eigenvalue weighted by molar-refractivity contribution is 7.90. The molecule has 5 nitrogen and oxygen atoms in total. The van der Waals surface area contributed by atoms with Gasteiger partial charge in [0.05, 0.1) is 15.8 Å². The van der Waals surface area contributed by atoms with Crippen molar-refractivity contribution in [2.24, 2.45) is 0 Å². The molecule has 4 aromatic rings. The largest absolute Gasteiger partial charge is 0.508 e. The molecule has 0 atom stereocenters. The Balaban J connectivity index is 1.98. The molecule has 152 valence electrons. The molecular formula is C24H21NO4S. The second kappa shape index (κ2) is 7.15. The number of nitrogens with zero attached hydrogens (tertiary/aromatic N) is 1. The van der Waals surface area contributed by atoms with Crippen LogP contribution < -0.4 is 0 Å². The van der Waals surface area contributed by atoms with Crippen LogP contribution in [-0.2, 0) is 15.4 Å². The highest BCUT2D eigenvalue weighted by atomic mass is 32.2. The highest BCUT2D eigenvalue weighted by Crippen LogP contribution is 2.36. The fraction of sp³-hybridized carbons (Fsp3) is 0.125. The molecule has 0 aliphatic carbocycles. The molecule has 1 N–H and O–H groups in total.